The quantitative estimate of drug-likeness (QED) is 0.735. The highest BCUT2D eigenvalue weighted by molar-refractivity contribution is 5.78. The van der Waals surface area contributed by atoms with E-state index in [1.165, 1.54) is 0 Å². The summed E-state index contributed by atoms with van der Waals surface area (Å²) in [6, 6.07) is 9.86. The third-order valence-corrected chi connectivity index (χ3v) is 3.90. The van der Waals surface area contributed by atoms with Gasteiger partial charge in [0.25, 0.3) is 0 Å². The van der Waals surface area contributed by atoms with E-state index in [0.717, 1.165) is 31.5 Å². The van der Waals surface area contributed by atoms with Gasteiger partial charge in [-0.1, -0.05) is 30.3 Å². The van der Waals surface area contributed by atoms with Crippen LogP contribution in [-0.2, 0) is 11.3 Å². The number of benzene rings is 1. The number of rotatable bonds is 6. The summed E-state index contributed by atoms with van der Waals surface area (Å²) < 4.78 is 0. The van der Waals surface area contributed by atoms with Crippen LogP contribution in [0.2, 0.25) is 0 Å². The number of nitrogens with one attached hydrogen (secondary N) is 3. The van der Waals surface area contributed by atoms with Crippen molar-refractivity contribution in [3.63, 3.8) is 0 Å². The number of hydrogen-bond donors (Lipinski definition) is 3. The third kappa shape index (κ3) is 6.28. The van der Waals surface area contributed by atoms with Crippen molar-refractivity contribution >= 4 is 11.9 Å². The number of carbonyl (C=O) groups is 2. The monoisotopic (exact) mass is 318 g/mol. The molecule has 3 amide bonds. The van der Waals surface area contributed by atoms with Crippen molar-refractivity contribution in [1.29, 1.82) is 0 Å². The van der Waals surface area contributed by atoms with Crippen LogP contribution in [0.5, 0.6) is 0 Å². The van der Waals surface area contributed by atoms with Crippen molar-refractivity contribution in [3.8, 4) is 0 Å². The van der Waals surface area contributed by atoms with Gasteiger partial charge >= 0.3 is 6.03 Å². The van der Waals surface area contributed by atoms with Crippen LogP contribution in [0.15, 0.2) is 30.3 Å². The van der Waals surface area contributed by atoms with E-state index in [9.17, 15) is 9.59 Å². The topological polar surface area (TPSA) is 73.5 Å². The van der Waals surface area contributed by atoms with E-state index in [1.807, 2.05) is 30.3 Å². The summed E-state index contributed by atoms with van der Waals surface area (Å²) in [5.74, 6) is -0.00953. The summed E-state index contributed by atoms with van der Waals surface area (Å²) in [6.07, 6.45) is 2.41. The first kappa shape index (κ1) is 17.3. The maximum atomic E-state index is 12.0. The molecule has 23 heavy (non-hydrogen) atoms. The Morgan fingerprint density at radius 1 is 1.30 bits per heavy atom. The zero-order valence-electron chi connectivity index (χ0n) is 13.7. The Morgan fingerprint density at radius 2 is 2.09 bits per heavy atom. The molecule has 0 radical (unpaired) electrons. The summed E-state index contributed by atoms with van der Waals surface area (Å²) in [4.78, 5) is 25.5. The molecule has 1 saturated heterocycles. The molecule has 6 nitrogen and oxygen atoms in total. The molecule has 0 aliphatic carbocycles. The van der Waals surface area contributed by atoms with Crippen LogP contribution in [0, 0.1) is 0 Å². The van der Waals surface area contributed by atoms with E-state index in [4.69, 9.17) is 0 Å². The number of hydrogen-bond acceptors (Lipinski definition) is 3. The predicted octanol–water partition coefficient (Wildman–Crippen LogP) is 1.09. The molecule has 3 N–H and O–H groups in total. The van der Waals surface area contributed by atoms with Gasteiger partial charge in [-0.15, -0.1) is 0 Å². The number of carbonyl (C=O) groups excluding carboxylic acids is 2. The Hall–Kier alpha value is -2.08. The lowest BCUT2D eigenvalue weighted by atomic mass is 10.1. The highest BCUT2D eigenvalue weighted by Gasteiger charge is 2.15. The Labute approximate surface area is 137 Å². The maximum absolute atomic E-state index is 12.0. The second kappa shape index (κ2) is 9.15. The minimum Gasteiger partial charge on any atom is -0.352 e. The van der Waals surface area contributed by atoms with Crippen molar-refractivity contribution in [3.05, 3.63) is 35.9 Å². The van der Waals surface area contributed by atoms with Crippen LogP contribution in [0.25, 0.3) is 0 Å². The van der Waals surface area contributed by atoms with Gasteiger partial charge in [0.05, 0.1) is 0 Å². The maximum Gasteiger partial charge on any atom is 0.317 e. The molecule has 0 aromatic heterocycles. The van der Waals surface area contributed by atoms with Crippen LogP contribution in [0.4, 0.5) is 4.79 Å². The average molecular weight is 318 g/mol. The molecule has 1 aromatic rings. The first-order chi connectivity index (χ1) is 11.1. The molecular formula is C17H26N4O2. The van der Waals surface area contributed by atoms with E-state index < -0.39 is 0 Å². The molecule has 1 aliphatic rings. The second-order valence-electron chi connectivity index (χ2n) is 5.93. The Kier molecular flexibility index (Phi) is 6.87. The SMILES string of the molecule is CN(Cc1ccccc1)C(=O)NCCC(=O)N[C@H]1CCCNC1. The van der Waals surface area contributed by atoms with Crippen LogP contribution in [-0.4, -0.2) is 49.6 Å². The van der Waals surface area contributed by atoms with Crippen molar-refractivity contribution < 1.29 is 9.59 Å². The number of nitrogens with zero attached hydrogens (tertiary/aromatic N) is 1. The molecule has 1 heterocycles. The van der Waals surface area contributed by atoms with Gasteiger partial charge in [0.1, 0.15) is 0 Å². The molecule has 6 heteroatoms. The van der Waals surface area contributed by atoms with Gasteiger partial charge < -0.3 is 20.9 Å². The van der Waals surface area contributed by atoms with Crippen LogP contribution < -0.4 is 16.0 Å². The minimum absolute atomic E-state index is 0.00953. The molecule has 0 bridgehead atoms. The summed E-state index contributed by atoms with van der Waals surface area (Å²) in [5, 5.41) is 9.04. The van der Waals surface area contributed by atoms with Crippen molar-refractivity contribution in [2.24, 2.45) is 0 Å². The van der Waals surface area contributed by atoms with Gasteiger partial charge in [-0.05, 0) is 24.9 Å². The van der Waals surface area contributed by atoms with Crippen LogP contribution in [0.1, 0.15) is 24.8 Å². The Bertz CT molecular complexity index is 501. The molecule has 0 saturated carbocycles. The van der Waals surface area contributed by atoms with Crippen LogP contribution >= 0.6 is 0 Å². The zero-order valence-corrected chi connectivity index (χ0v) is 13.7. The number of urea groups is 1. The Morgan fingerprint density at radius 3 is 2.78 bits per heavy atom. The first-order valence-corrected chi connectivity index (χ1v) is 8.18. The van der Waals surface area contributed by atoms with Gasteiger partial charge in [-0.25, -0.2) is 4.79 Å². The lowest BCUT2D eigenvalue weighted by Crippen LogP contribution is -2.46. The lowest BCUT2D eigenvalue weighted by Gasteiger charge is -2.24. The fraction of sp³-hybridized carbons (Fsp3) is 0.529. The lowest BCUT2D eigenvalue weighted by molar-refractivity contribution is -0.121. The fourth-order valence-corrected chi connectivity index (χ4v) is 2.62. The van der Waals surface area contributed by atoms with Crippen molar-refractivity contribution in [2.45, 2.75) is 31.8 Å². The third-order valence-electron chi connectivity index (χ3n) is 3.90. The molecule has 2 rings (SSSR count). The van der Waals surface area contributed by atoms with Crippen LogP contribution in [0.3, 0.4) is 0 Å². The fourth-order valence-electron chi connectivity index (χ4n) is 2.62. The highest BCUT2D eigenvalue weighted by Crippen LogP contribution is 2.03. The van der Waals surface area contributed by atoms with Gasteiger partial charge in [0.2, 0.25) is 5.91 Å². The smallest absolute Gasteiger partial charge is 0.317 e. The largest absolute Gasteiger partial charge is 0.352 e. The van der Waals surface area contributed by atoms with E-state index in [0.29, 0.717) is 19.5 Å². The molecule has 0 spiro atoms. The highest BCUT2D eigenvalue weighted by atomic mass is 16.2. The van der Waals surface area contributed by atoms with E-state index >= 15 is 0 Å². The van der Waals surface area contributed by atoms with Gasteiger partial charge in [0, 0.05) is 39.1 Å². The van der Waals surface area contributed by atoms with Crippen molar-refractivity contribution in [2.75, 3.05) is 26.7 Å². The minimum atomic E-state index is -0.166. The summed E-state index contributed by atoms with van der Waals surface area (Å²) in [5.41, 5.74) is 1.08. The van der Waals surface area contributed by atoms with Gasteiger partial charge in [0.15, 0.2) is 0 Å². The summed E-state index contributed by atoms with van der Waals surface area (Å²) in [6.45, 7) is 2.75. The molecule has 1 fully saturated rings. The molecule has 1 aliphatic heterocycles. The molecule has 1 atom stereocenters. The van der Waals surface area contributed by atoms with E-state index in [-0.39, 0.29) is 18.0 Å². The van der Waals surface area contributed by atoms with E-state index in [1.54, 1.807) is 11.9 Å². The van der Waals surface area contributed by atoms with E-state index in [2.05, 4.69) is 16.0 Å². The summed E-state index contributed by atoms with van der Waals surface area (Å²) >= 11 is 0. The number of amides is 3. The zero-order chi connectivity index (χ0) is 16.5. The van der Waals surface area contributed by atoms with Gasteiger partial charge in [-0.2, -0.15) is 0 Å². The van der Waals surface area contributed by atoms with Gasteiger partial charge in [-0.3, -0.25) is 4.79 Å². The molecule has 1 aromatic carbocycles. The second-order valence-corrected chi connectivity index (χ2v) is 5.93. The normalized spacial score (nSPS) is 17.3. The first-order valence-electron chi connectivity index (χ1n) is 8.18. The summed E-state index contributed by atoms with van der Waals surface area (Å²) in [7, 11) is 1.75. The predicted molar refractivity (Wildman–Crippen MR) is 90.0 cm³/mol. The molecular weight excluding hydrogens is 292 g/mol. The standard InChI is InChI=1S/C17H26N4O2/c1-21(13-14-6-3-2-4-7-14)17(23)19-11-9-16(22)20-15-8-5-10-18-12-15/h2-4,6-7,15,18H,5,8-13H2,1H3,(H,19,23)(H,20,22)/t15-/m0/s1. The molecule has 0 unspecified atom stereocenters. The number of piperidine rings is 1. The van der Waals surface area contributed by atoms with Crippen molar-refractivity contribution in [1.82, 2.24) is 20.9 Å². The average Bonchev–Trinajstić information content (AvgIpc) is 2.56. The Balaban J connectivity index is 1.62. The molecule has 126 valence electrons.